The first kappa shape index (κ1) is 14.4. The average Bonchev–Trinajstić information content (AvgIpc) is 2.91. The van der Waals surface area contributed by atoms with Crippen molar-refractivity contribution in [3.8, 4) is 5.75 Å². The van der Waals surface area contributed by atoms with Crippen molar-refractivity contribution in [3.05, 3.63) is 29.8 Å². The second-order valence-corrected chi connectivity index (χ2v) is 4.84. The van der Waals surface area contributed by atoms with Gasteiger partial charge in [0, 0.05) is 6.54 Å². The molecule has 1 unspecified atom stereocenters. The van der Waals surface area contributed by atoms with E-state index in [2.05, 4.69) is 0 Å². The van der Waals surface area contributed by atoms with E-state index in [1.807, 2.05) is 0 Å². The molecule has 1 N–H and O–H groups in total. The van der Waals surface area contributed by atoms with Gasteiger partial charge < -0.3 is 14.7 Å². The third-order valence-corrected chi connectivity index (χ3v) is 3.42. The lowest BCUT2D eigenvalue weighted by Crippen LogP contribution is -2.42. The van der Waals surface area contributed by atoms with Gasteiger partial charge in [0.05, 0.1) is 13.0 Å². The van der Waals surface area contributed by atoms with Crippen molar-refractivity contribution < 1.29 is 19.4 Å². The third kappa shape index (κ3) is 3.29. The maximum atomic E-state index is 12.3. The number of likely N-dealkylation sites (tertiary alicyclic amines) is 1. The minimum absolute atomic E-state index is 0.0776. The molecule has 0 radical (unpaired) electrons. The number of hydrogen-bond acceptors (Lipinski definition) is 4. The minimum Gasteiger partial charge on any atom is -0.508 e. The predicted octanol–water partition coefficient (Wildman–Crippen LogP) is 1.49. The molecule has 1 amide bonds. The second-order valence-electron chi connectivity index (χ2n) is 4.84. The van der Waals surface area contributed by atoms with Gasteiger partial charge in [-0.05, 0) is 37.5 Å². The molecule has 1 aromatic carbocycles. The number of ether oxygens (including phenoxy) is 1. The number of aromatic hydroxyl groups is 1. The van der Waals surface area contributed by atoms with E-state index in [1.165, 1.54) is 0 Å². The number of nitrogens with zero attached hydrogens (tertiary/aromatic N) is 1. The van der Waals surface area contributed by atoms with E-state index in [9.17, 15) is 14.7 Å². The molecule has 1 aliphatic rings. The molecule has 1 aromatic rings. The Labute approximate surface area is 118 Å². The van der Waals surface area contributed by atoms with Crippen LogP contribution >= 0.6 is 0 Å². The van der Waals surface area contributed by atoms with Gasteiger partial charge in [-0.3, -0.25) is 4.79 Å². The van der Waals surface area contributed by atoms with Gasteiger partial charge in [0.1, 0.15) is 11.8 Å². The smallest absolute Gasteiger partial charge is 0.328 e. The number of rotatable bonds is 4. The molecule has 1 atom stereocenters. The molecule has 1 aliphatic heterocycles. The highest BCUT2D eigenvalue weighted by Gasteiger charge is 2.34. The number of amides is 1. The molecule has 0 bridgehead atoms. The van der Waals surface area contributed by atoms with E-state index in [1.54, 1.807) is 36.1 Å². The maximum Gasteiger partial charge on any atom is 0.328 e. The molecule has 1 fully saturated rings. The van der Waals surface area contributed by atoms with Gasteiger partial charge in [-0.1, -0.05) is 12.1 Å². The van der Waals surface area contributed by atoms with E-state index < -0.39 is 6.04 Å². The van der Waals surface area contributed by atoms with Crippen LogP contribution in [-0.4, -0.2) is 41.1 Å². The van der Waals surface area contributed by atoms with Crippen LogP contribution in [0.1, 0.15) is 25.3 Å². The van der Waals surface area contributed by atoms with Crippen molar-refractivity contribution in [1.29, 1.82) is 0 Å². The first-order chi connectivity index (χ1) is 9.61. The predicted molar refractivity (Wildman–Crippen MR) is 73.2 cm³/mol. The Morgan fingerprint density at radius 2 is 2.05 bits per heavy atom. The minimum atomic E-state index is -0.445. The van der Waals surface area contributed by atoms with E-state index in [0.717, 1.165) is 12.0 Å². The molecule has 5 heteroatoms. The maximum absolute atomic E-state index is 12.3. The fourth-order valence-electron chi connectivity index (χ4n) is 2.44. The fraction of sp³-hybridized carbons (Fsp3) is 0.467. The Morgan fingerprint density at radius 1 is 1.35 bits per heavy atom. The van der Waals surface area contributed by atoms with Crippen LogP contribution < -0.4 is 0 Å². The van der Waals surface area contributed by atoms with Gasteiger partial charge in [0.2, 0.25) is 5.91 Å². The van der Waals surface area contributed by atoms with Crippen LogP contribution in [-0.2, 0) is 20.7 Å². The topological polar surface area (TPSA) is 66.8 Å². The lowest BCUT2D eigenvalue weighted by atomic mass is 10.1. The fourth-order valence-corrected chi connectivity index (χ4v) is 2.44. The average molecular weight is 277 g/mol. The summed E-state index contributed by atoms with van der Waals surface area (Å²) in [6.45, 7) is 2.69. The molecule has 20 heavy (non-hydrogen) atoms. The van der Waals surface area contributed by atoms with Gasteiger partial charge >= 0.3 is 5.97 Å². The van der Waals surface area contributed by atoms with E-state index in [-0.39, 0.29) is 24.0 Å². The van der Waals surface area contributed by atoms with Crippen LogP contribution in [0.25, 0.3) is 0 Å². The van der Waals surface area contributed by atoms with Crippen LogP contribution in [0.2, 0.25) is 0 Å². The summed E-state index contributed by atoms with van der Waals surface area (Å²) in [6.07, 6.45) is 1.72. The molecule has 1 heterocycles. The number of carbonyl (C=O) groups is 2. The highest BCUT2D eigenvalue weighted by Crippen LogP contribution is 2.20. The summed E-state index contributed by atoms with van der Waals surface area (Å²) in [5.74, 6) is -0.220. The molecule has 1 saturated heterocycles. The number of carbonyl (C=O) groups excluding carboxylic acids is 2. The van der Waals surface area contributed by atoms with Crippen molar-refractivity contribution in [2.24, 2.45) is 0 Å². The Bertz CT molecular complexity index is 483. The molecular formula is C15H19NO4. The summed E-state index contributed by atoms with van der Waals surface area (Å²) in [4.78, 5) is 25.7. The first-order valence-corrected chi connectivity index (χ1v) is 6.86. The SMILES string of the molecule is CCOC(=O)C1CCCN1C(=O)Cc1ccc(O)cc1. The zero-order chi connectivity index (χ0) is 14.5. The molecule has 108 valence electrons. The zero-order valence-corrected chi connectivity index (χ0v) is 11.5. The van der Waals surface area contributed by atoms with Crippen LogP contribution in [0, 0.1) is 0 Å². The van der Waals surface area contributed by atoms with Crippen molar-refractivity contribution in [1.82, 2.24) is 4.90 Å². The molecule has 0 saturated carbocycles. The summed E-state index contributed by atoms with van der Waals surface area (Å²) in [5, 5.41) is 9.22. The molecule has 5 nitrogen and oxygen atoms in total. The quantitative estimate of drug-likeness (QED) is 0.847. The van der Waals surface area contributed by atoms with E-state index >= 15 is 0 Å². The lowest BCUT2D eigenvalue weighted by molar-refractivity contribution is -0.152. The highest BCUT2D eigenvalue weighted by atomic mass is 16.5. The third-order valence-electron chi connectivity index (χ3n) is 3.42. The summed E-state index contributed by atoms with van der Waals surface area (Å²) in [5.41, 5.74) is 0.822. The first-order valence-electron chi connectivity index (χ1n) is 6.86. The Balaban J connectivity index is 2.00. The largest absolute Gasteiger partial charge is 0.508 e. The molecular weight excluding hydrogens is 258 g/mol. The lowest BCUT2D eigenvalue weighted by Gasteiger charge is -2.23. The van der Waals surface area contributed by atoms with E-state index in [0.29, 0.717) is 19.6 Å². The summed E-state index contributed by atoms with van der Waals surface area (Å²) in [6, 6.07) is 6.08. The van der Waals surface area contributed by atoms with Crippen molar-refractivity contribution in [2.75, 3.05) is 13.2 Å². The number of benzene rings is 1. The van der Waals surface area contributed by atoms with Gasteiger partial charge in [0.25, 0.3) is 0 Å². The Kier molecular flexibility index (Phi) is 4.61. The van der Waals surface area contributed by atoms with Crippen LogP contribution in [0.3, 0.4) is 0 Å². The summed E-state index contributed by atoms with van der Waals surface area (Å²) < 4.78 is 5.01. The van der Waals surface area contributed by atoms with Gasteiger partial charge in [-0.25, -0.2) is 4.79 Å². The van der Waals surface area contributed by atoms with Gasteiger partial charge in [-0.2, -0.15) is 0 Å². The van der Waals surface area contributed by atoms with Crippen LogP contribution in [0.15, 0.2) is 24.3 Å². The number of esters is 1. The van der Waals surface area contributed by atoms with Crippen molar-refractivity contribution >= 4 is 11.9 Å². The van der Waals surface area contributed by atoms with E-state index in [4.69, 9.17) is 4.74 Å². The highest BCUT2D eigenvalue weighted by molar-refractivity contribution is 5.86. The second kappa shape index (κ2) is 6.41. The standard InChI is InChI=1S/C15H19NO4/c1-2-20-15(19)13-4-3-9-16(13)14(18)10-11-5-7-12(17)8-6-11/h5-8,13,17H,2-4,9-10H2,1H3. The number of hydrogen-bond donors (Lipinski definition) is 1. The van der Waals surface area contributed by atoms with Gasteiger partial charge in [0.15, 0.2) is 0 Å². The molecule has 0 aliphatic carbocycles. The molecule has 2 rings (SSSR count). The van der Waals surface area contributed by atoms with Crippen molar-refractivity contribution in [3.63, 3.8) is 0 Å². The van der Waals surface area contributed by atoms with Crippen LogP contribution in [0.4, 0.5) is 0 Å². The molecule has 0 aromatic heterocycles. The monoisotopic (exact) mass is 277 g/mol. The Hall–Kier alpha value is -2.04. The van der Waals surface area contributed by atoms with Gasteiger partial charge in [-0.15, -0.1) is 0 Å². The van der Waals surface area contributed by atoms with Crippen LogP contribution in [0.5, 0.6) is 5.75 Å². The number of phenolic OH excluding ortho intramolecular Hbond substituents is 1. The zero-order valence-electron chi connectivity index (χ0n) is 11.5. The summed E-state index contributed by atoms with van der Waals surface area (Å²) in [7, 11) is 0. The normalized spacial score (nSPS) is 18.1. The summed E-state index contributed by atoms with van der Waals surface area (Å²) >= 11 is 0. The number of phenols is 1. The van der Waals surface area contributed by atoms with Crippen molar-refractivity contribution in [2.45, 2.75) is 32.2 Å². The molecule has 0 spiro atoms. The Morgan fingerprint density at radius 3 is 2.70 bits per heavy atom.